The summed E-state index contributed by atoms with van der Waals surface area (Å²) in [6.07, 6.45) is 0.671. The van der Waals surface area contributed by atoms with Crippen LogP contribution < -0.4 is 9.64 Å². The molecule has 0 saturated carbocycles. The molecule has 0 aliphatic rings. The Balaban J connectivity index is 1.68. The highest BCUT2D eigenvalue weighted by Crippen LogP contribution is 2.27. The first kappa shape index (κ1) is 21.4. The van der Waals surface area contributed by atoms with E-state index >= 15 is 0 Å². The Bertz CT molecular complexity index is 936. The van der Waals surface area contributed by atoms with Crippen molar-refractivity contribution in [2.24, 2.45) is 5.92 Å². The van der Waals surface area contributed by atoms with Gasteiger partial charge in [0.1, 0.15) is 12.4 Å². The number of benzene rings is 3. The van der Waals surface area contributed by atoms with Crippen LogP contribution in [0.5, 0.6) is 5.75 Å². The molecule has 4 nitrogen and oxygen atoms in total. The van der Waals surface area contributed by atoms with Gasteiger partial charge >= 0.3 is 5.97 Å². The van der Waals surface area contributed by atoms with Crippen LogP contribution in [-0.4, -0.2) is 17.6 Å². The fourth-order valence-electron chi connectivity index (χ4n) is 3.32. The Morgan fingerprint density at radius 2 is 1.60 bits per heavy atom. The smallest absolute Gasteiger partial charge is 0.303 e. The van der Waals surface area contributed by atoms with Crippen LogP contribution in [-0.2, 0) is 17.8 Å². The molecule has 0 aliphatic carbocycles. The van der Waals surface area contributed by atoms with E-state index in [0.29, 0.717) is 18.9 Å². The first-order chi connectivity index (χ1) is 14.5. The summed E-state index contributed by atoms with van der Waals surface area (Å²) in [5.74, 6) is 0.531. The molecule has 3 aromatic carbocycles. The van der Waals surface area contributed by atoms with Crippen LogP contribution in [0.1, 0.15) is 31.4 Å². The quantitative estimate of drug-likeness (QED) is 0.446. The van der Waals surface area contributed by atoms with E-state index in [-0.39, 0.29) is 6.42 Å². The maximum absolute atomic E-state index is 10.7. The number of aryl methyl sites for hydroxylation is 1. The highest BCUT2D eigenvalue weighted by molar-refractivity contribution is 5.67. The fraction of sp³-hybridized carbons (Fsp3) is 0.269. The van der Waals surface area contributed by atoms with Gasteiger partial charge in [-0.3, -0.25) is 4.79 Å². The molecule has 0 radical (unpaired) electrons. The summed E-state index contributed by atoms with van der Waals surface area (Å²) in [6, 6.07) is 26.5. The van der Waals surface area contributed by atoms with Crippen molar-refractivity contribution in [1.82, 2.24) is 0 Å². The second kappa shape index (κ2) is 10.5. The van der Waals surface area contributed by atoms with E-state index in [1.54, 1.807) is 0 Å². The molecule has 0 atom stereocenters. The van der Waals surface area contributed by atoms with Gasteiger partial charge < -0.3 is 14.7 Å². The second-order valence-electron chi connectivity index (χ2n) is 7.84. The number of hydrogen-bond acceptors (Lipinski definition) is 3. The number of aliphatic carboxylic acids is 1. The molecule has 0 spiro atoms. The minimum Gasteiger partial charge on any atom is -0.489 e. The number of carboxylic acid groups (broad SMARTS) is 1. The first-order valence-corrected chi connectivity index (χ1v) is 10.4. The lowest BCUT2D eigenvalue weighted by Crippen LogP contribution is -2.22. The van der Waals surface area contributed by atoms with Gasteiger partial charge in [-0.2, -0.15) is 0 Å². The van der Waals surface area contributed by atoms with E-state index in [1.807, 2.05) is 30.3 Å². The van der Waals surface area contributed by atoms with Crippen molar-refractivity contribution in [2.75, 3.05) is 11.4 Å². The van der Waals surface area contributed by atoms with Gasteiger partial charge in [-0.1, -0.05) is 56.3 Å². The molecule has 0 fully saturated rings. The summed E-state index contributed by atoms with van der Waals surface area (Å²) in [4.78, 5) is 13.0. The molecular formula is C26H29NO3. The predicted molar refractivity (Wildman–Crippen MR) is 121 cm³/mol. The maximum Gasteiger partial charge on any atom is 0.303 e. The number of para-hydroxylation sites is 1. The zero-order valence-corrected chi connectivity index (χ0v) is 17.6. The number of carbonyl (C=O) groups is 1. The molecule has 30 heavy (non-hydrogen) atoms. The van der Waals surface area contributed by atoms with Crippen molar-refractivity contribution in [3.05, 3.63) is 90.0 Å². The van der Waals surface area contributed by atoms with Crippen LogP contribution in [0.4, 0.5) is 11.4 Å². The van der Waals surface area contributed by atoms with E-state index in [9.17, 15) is 4.79 Å². The van der Waals surface area contributed by atoms with Crippen LogP contribution in [0, 0.1) is 5.92 Å². The molecule has 0 heterocycles. The molecular weight excluding hydrogens is 374 g/mol. The van der Waals surface area contributed by atoms with Gasteiger partial charge in [0, 0.05) is 24.3 Å². The summed E-state index contributed by atoms with van der Waals surface area (Å²) in [5, 5.41) is 8.79. The summed E-state index contributed by atoms with van der Waals surface area (Å²) in [5.41, 5.74) is 4.44. The van der Waals surface area contributed by atoms with E-state index in [1.165, 1.54) is 5.69 Å². The minimum absolute atomic E-state index is 0.140. The van der Waals surface area contributed by atoms with Crippen LogP contribution in [0.2, 0.25) is 0 Å². The van der Waals surface area contributed by atoms with Gasteiger partial charge in [0.25, 0.3) is 0 Å². The number of carboxylic acids is 1. The van der Waals surface area contributed by atoms with Crippen LogP contribution >= 0.6 is 0 Å². The van der Waals surface area contributed by atoms with E-state index in [4.69, 9.17) is 9.84 Å². The number of anilines is 2. The molecule has 1 N–H and O–H groups in total. The lowest BCUT2D eigenvalue weighted by atomic mass is 10.1. The largest absolute Gasteiger partial charge is 0.489 e. The first-order valence-electron chi connectivity index (χ1n) is 10.4. The highest BCUT2D eigenvalue weighted by Gasteiger charge is 2.11. The molecule has 4 heteroatoms. The molecule has 0 saturated heterocycles. The Kier molecular flexibility index (Phi) is 7.50. The van der Waals surface area contributed by atoms with Crippen molar-refractivity contribution >= 4 is 17.3 Å². The van der Waals surface area contributed by atoms with E-state index < -0.39 is 5.97 Å². The summed E-state index contributed by atoms with van der Waals surface area (Å²) < 4.78 is 5.96. The third kappa shape index (κ3) is 6.38. The number of nitrogens with zero attached hydrogens (tertiary/aromatic N) is 1. The van der Waals surface area contributed by atoms with E-state index in [0.717, 1.165) is 29.1 Å². The van der Waals surface area contributed by atoms with E-state index in [2.05, 4.69) is 67.3 Å². The average Bonchev–Trinajstić information content (AvgIpc) is 2.76. The number of rotatable bonds is 10. The lowest BCUT2D eigenvalue weighted by molar-refractivity contribution is -0.136. The highest BCUT2D eigenvalue weighted by atomic mass is 16.5. The molecule has 0 unspecified atom stereocenters. The SMILES string of the molecule is CC(C)CN(c1ccccc1)c1cccc(COc2ccc(CCC(=O)O)cc2)c1. The van der Waals surface area contributed by atoms with Gasteiger partial charge in [0.2, 0.25) is 0 Å². The Morgan fingerprint density at radius 1 is 0.900 bits per heavy atom. The fourth-order valence-corrected chi connectivity index (χ4v) is 3.32. The van der Waals surface area contributed by atoms with Gasteiger partial charge in [0.05, 0.1) is 0 Å². The summed E-state index contributed by atoms with van der Waals surface area (Å²) in [7, 11) is 0. The Hall–Kier alpha value is -3.27. The number of hydrogen-bond donors (Lipinski definition) is 1. The van der Waals surface area contributed by atoms with Crippen LogP contribution in [0.3, 0.4) is 0 Å². The number of ether oxygens (including phenoxy) is 1. The predicted octanol–water partition coefficient (Wildman–Crippen LogP) is 6.08. The van der Waals surface area contributed by atoms with Gasteiger partial charge in [-0.15, -0.1) is 0 Å². The molecule has 0 amide bonds. The molecule has 0 bridgehead atoms. The standard InChI is InChI=1S/C26H29NO3/c1-20(2)18-27(23-8-4-3-5-9-23)24-10-6-7-22(17-24)19-30-25-14-11-21(12-15-25)13-16-26(28)29/h3-12,14-15,17,20H,13,16,18-19H2,1-2H3,(H,28,29). The minimum atomic E-state index is -0.780. The summed E-state index contributed by atoms with van der Waals surface area (Å²) >= 11 is 0. The van der Waals surface area contributed by atoms with Gasteiger partial charge in [-0.05, 0) is 59.9 Å². The summed E-state index contributed by atoms with van der Waals surface area (Å²) in [6.45, 7) is 5.87. The molecule has 156 valence electrons. The van der Waals surface area contributed by atoms with Crippen molar-refractivity contribution in [1.29, 1.82) is 0 Å². The topological polar surface area (TPSA) is 49.8 Å². The van der Waals surface area contributed by atoms with Gasteiger partial charge in [0.15, 0.2) is 0 Å². The van der Waals surface area contributed by atoms with Crippen molar-refractivity contribution in [3.8, 4) is 5.75 Å². The molecule has 3 rings (SSSR count). The normalized spacial score (nSPS) is 10.8. The molecule has 0 aliphatic heterocycles. The molecule has 0 aromatic heterocycles. The van der Waals surface area contributed by atoms with Crippen LogP contribution in [0.15, 0.2) is 78.9 Å². The van der Waals surface area contributed by atoms with Crippen molar-refractivity contribution in [3.63, 3.8) is 0 Å². The Labute approximate surface area is 178 Å². The Morgan fingerprint density at radius 3 is 2.27 bits per heavy atom. The zero-order valence-electron chi connectivity index (χ0n) is 17.6. The average molecular weight is 404 g/mol. The zero-order chi connectivity index (χ0) is 21.3. The molecule has 3 aromatic rings. The van der Waals surface area contributed by atoms with Crippen molar-refractivity contribution < 1.29 is 14.6 Å². The van der Waals surface area contributed by atoms with Crippen LogP contribution in [0.25, 0.3) is 0 Å². The second-order valence-corrected chi connectivity index (χ2v) is 7.84. The monoisotopic (exact) mass is 403 g/mol. The third-order valence-corrected chi connectivity index (χ3v) is 4.79. The maximum atomic E-state index is 10.7. The lowest BCUT2D eigenvalue weighted by Gasteiger charge is -2.27. The third-order valence-electron chi connectivity index (χ3n) is 4.79. The van der Waals surface area contributed by atoms with Crippen molar-refractivity contribution in [2.45, 2.75) is 33.3 Å². The van der Waals surface area contributed by atoms with Gasteiger partial charge in [-0.25, -0.2) is 0 Å².